The summed E-state index contributed by atoms with van der Waals surface area (Å²) in [6, 6.07) is -1.60. The van der Waals surface area contributed by atoms with Gasteiger partial charge in [0.25, 0.3) is 0 Å². The fourth-order valence-corrected chi connectivity index (χ4v) is 8.72. The molecule has 0 aromatic carbocycles. The number of hydrogen-bond acceptors (Lipinski definition) is 8. The molecule has 4 fully saturated rings. The van der Waals surface area contributed by atoms with Gasteiger partial charge >= 0.3 is 0 Å². The van der Waals surface area contributed by atoms with Gasteiger partial charge in [-0.3, -0.25) is 33.8 Å². The molecule has 2 amide bonds. The molecule has 2 heterocycles. The van der Waals surface area contributed by atoms with E-state index in [0.717, 1.165) is 64.2 Å². The Hall–Kier alpha value is -3.30. The van der Waals surface area contributed by atoms with Crippen molar-refractivity contribution in [1.82, 2.24) is 20.2 Å². The first-order valence-corrected chi connectivity index (χ1v) is 18.9. The highest BCUT2D eigenvalue weighted by molar-refractivity contribution is 6.38. The quantitative estimate of drug-likeness (QED) is 0.173. The maximum atomic E-state index is 14.7. The standard InChI is InChI=1S/C39H56N4O6/c1-5-10-26(35(47)33(46)19-24-15-16-24)20-32(45)34-28-14-9-13-27(28)23-43(34)38(49)36(39(2,3)4)42-37(48)29(25-11-7-6-8-12-25)21-31(44)30-22-40-17-18-41-30/h17-18,22,24-29,34,36H,5-16,19-21,23H2,1-4H3,(H,42,48)/t26?,27-,28-,29-,34-,36+/m0/s1. The Morgan fingerprint density at radius 1 is 0.918 bits per heavy atom. The van der Waals surface area contributed by atoms with Crippen molar-refractivity contribution in [2.75, 3.05) is 6.54 Å². The molecule has 0 spiro atoms. The van der Waals surface area contributed by atoms with E-state index in [2.05, 4.69) is 15.3 Å². The highest BCUT2D eigenvalue weighted by atomic mass is 16.2. The number of aromatic nitrogens is 2. The number of Topliss-reactive ketones (excluding diaryl/α,β-unsaturated/α-hetero) is 4. The summed E-state index contributed by atoms with van der Waals surface area (Å²) in [6.07, 6.45) is 15.2. The first-order chi connectivity index (χ1) is 23.4. The number of ketones is 4. The van der Waals surface area contributed by atoms with Crippen LogP contribution >= 0.6 is 0 Å². The predicted molar refractivity (Wildman–Crippen MR) is 184 cm³/mol. The number of hydrogen-bond donors (Lipinski definition) is 1. The van der Waals surface area contributed by atoms with Gasteiger partial charge in [-0.1, -0.05) is 59.8 Å². The lowest BCUT2D eigenvalue weighted by Gasteiger charge is -2.38. The molecule has 1 N–H and O–H groups in total. The lowest BCUT2D eigenvalue weighted by molar-refractivity contribution is -0.146. The molecular weight excluding hydrogens is 620 g/mol. The summed E-state index contributed by atoms with van der Waals surface area (Å²) in [5.74, 6) is -2.59. The summed E-state index contributed by atoms with van der Waals surface area (Å²) in [6.45, 7) is 8.11. The van der Waals surface area contributed by atoms with Crippen LogP contribution in [0.1, 0.15) is 134 Å². The van der Waals surface area contributed by atoms with E-state index in [1.807, 2.05) is 27.7 Å². The van der Waals surface area contributed by atoms with E-state index in [4.69, 9.17) is 0 Å². The number of nitrogens with zero attached hydrogens (tertiary/aromatic N) is 3. The van der Waals surface area contributed by atoms with Gasteiger partial charge in [-0.2, -0.15) is 0 Å². The fraction of sp³-hybridized carbons (Fsp3) is 0.744. The van der Waals surface area contributed by atoms with Crippen molar-refractivity contribution in [3.05, 3.63) is 24.3 Å². The number of nitrogens with one attached hydrogen (secondary N) is 1. The monoisotopic (exact) mass is 676 g/mol. The molecule has 49 heavy (non-hydrogen) atoms. The SMILES string of the molecule is CCCC(CC(=O)[C@@H]1[C@H]2CCC[C@H]2CN1C(=O)[C@@H](NC(=O)[C@@H](CC(=O)c1cnccn1)C1CCCCC1)C(C)(C)C)C(=O)C(=O)CC1CC1. The zero-order chi connectivity index (χ0) is 35.3. The first kappa shape index (κ1) is 37.0. The third-order valence-corrected chi connectivity index (χ3v) is 11.6. The zero-order valence-corrected chi connectivity index (χ0v) is 30.0. The molecular formula is C39H56N4O6. The van der Waals surface area contributed by atoms with Gasteiger partial charge < -0.3 is 10.2 Å². The Morgan fingerprint density at radius 3 is 2.29 bits per heavy atom. The largest absolute Gasteiger partial charge is 0.344 e. The van der Waals surface area contributed by atoms with E-state index >= 15 is 0 Å². The molecule has 3 saturated carbocycles. The van der Waals surface area contributed by atoms with E-state index in [9.17, 15) is 28.8 Å². The van der Waals surface area contributed by atoms with E-state index in [0.29, 0.717) is 25.3 Å². The van der Waals surface area contributed by atoms with E-state index in [1.54, 1.807) is 4.90 Å². The van der Waals surface area contributed by atoms with Gasteiger partial charge in [0.1, 0.15) is 11.7 Å². The molecule has 1 aromatic heterocycles. The van der Waals surface area contributed by atoms with Crippen LogP contribution in [-0.4, -0.2) is 68.4 Å². The second kappa shape index (κ2) is 16.2. The van der Waals surface area contributed by atoms with Crippen LogP contribution in [0.15, 0.2) is 18.6 Å². The Morgan fingerprint density at radius 2 is 1.65 bits per heavy atom. The van der Waals surface area contributed by atoms with Crippen molar-refractivity contribution in [2.45, 2.75) is 136 Å². The second-order valence-corrected chi connectivity index (χ2v) is 16.4. The van der Waals surface area contributed by atoms with Gasteiger partial charge in [-0.05, 0) is 74.0 Å². The smallest absolute Gasteiger partial charge is 0.246 e. The first-order valence-electron chi connectivity index (χ1n) is 18.9. The van der Waals surface area contributed by atoms with Crippen molar-refractivity contribution in [3.63, 3.8) is 0 Å². The Balaban J connectivity index is 1.36. The highest BCUT2D eigenvalue weighted by Gasteiger charge is 2.52. The average Bonchev–Trinajstić information content (AvgIpc) is 3.65. The average molecular weight is 677 g/mol. The molecule has 3 aliphatic carbocycles. The molecule has 1 aromatic rings. The van der Waals surface area contributed by atoms with Crippen LogP contribution < -0.4 is 5.32 Å². The molecule has 6 atom stereocenters. The summed E-state index contributed by atoms with van der Waals surface area (Å²) >= 11 is 0. The van der Waals surface area contributed by atoms with E-state index < -0.39 is 35.1 Å². The van der Waals surface area contributed by atoms with Crippen LogP contribution in [-0.2, 0) is 24.0 Å². The fourth-order valence-electron chi connectivity index (χ4n) is 8.72. The summed E-state index contributed by atoms with van der Waals surface area (Å²) in [5.41, 5.74) is -0.460. The van der Waals surface area contributed by atoms with Crippen LogP contribution in [0.5, 0.6) is 0 Å². The number of rotatable bonds is 16. The molecule has 0 bridgehead atoms. The number of carbonyl (C=O) groups excluding carboxylic acids is 6. The second-order valence-electron chi connectivity index (χ2n) is 16.4. The molecule has 1 unspecified atom stereocenters. The minimum absolute atomic E-state index is 0.00639. The lowest BCUT2D eigenvalue weighted by atomic mass is 9.76. The number of fused-ring (bicyclic) bond motifs is 1. The Kier molecular flexibility index (Phi) is 12.2. The predicted octanol–water partition coefficient (Wildman–Crippen LogP) is 5.72. The normalized spacial score (nSPS) is 24.5. The van der Waals surface area contributed by atoms with Gasteiger partial charge in [-0.25, -0.2) is 4.98 Å². The third-order valence-electron chi connectivity index (χ3n) is 11.6. The van der Waals surface area contributed by atoms with E-state index in [-0.39, 0.29) is 71.9 Å². The van der Waals surface area contributed by atoms with Crippen LogP contribution in [0, 0.1) is 40.9 Å². The highest BCUT2D eigenvalue weighted by Crippen LogP contribution is 2.44. The van der Waals surface area contributed by atoms with Gasteiger partial charge in [0.05, 0.1) is 12.2 Å². The van der Waals surface area contributed by atoms with Gasteiger partial charge in [0.15, 0.2) is 17.3 Å². The van der Waals surface area contributed by atoms with Crippen LogP contribution in [0.3, 0.4) is 0 Å². The minimum atomic E-state index is -0.917. The Bertz CT molecular complexity index is 1380. The molecule has 0 radical (unpaired) electrons. The Labute approximate surface area is 291 Å². The van der Waals surface area contributed by atoms with Gasteiger partial charge in [-0.15, -0.1) is 0 Å². The molecule has 268 valence electrons. The van der Waals surface area contributed by atoms with Gasteiger partial charge in [0, 0.05) is 50.0 Å². The summed E-state index contributed by atoms with van der Waals surface area (Å²) in [4.78, 5) is 92.3. The summed E-state index contributed by atoms with van der Waals surface area (Å²) in [5, 5.41) is 3.10. The summed E-state index contributed by atoms with van der Waals surface area (Å²) < 4.78 is 0. The topological polar surface area (TPSA) is 143 Å². The summed E-state index contributed by atoms with van der Waals surface area (Å²) in [7, 11) is 0. The van der Waals surface area contributed by atoms with Crippen molar-refractivity contribution in [3.8, 4) is 0 Å². The number of likely N-dealkylation sites (tertiary alicyclic amines) is 1. The van der Waals surface area contributed by atoms with Crippen LogP contribution in [0.25, 0.3) is 0 Å². The van der Waals surface area contributed by atoms with Crippen molar-refractivity contribution in [2.24, 2.45) is 40.9 Å². The van der Waals surface area contributed by atoms with Crippen LogP contribution in [0.2, 0.25) is 0 Å². The third kappa shape index (κ3) is 9.09. The molecule has 5 rings (SSSR count). The molecule has 1 saturated heterocycles. The van der Waals surface area contributed by atoms with Gasteiger partial charge in [0.2, 0.25) is 17.6 Å². The molecule has 4 aliphatic rings. The molecule has 10 heteroatoms. The van der Waals surface area contributed by atoms with Crippen molar-refractivity contribution in [1.29, 1.82) is 0 Å². The lowest BCUT2D eigenvalue weighted by Crippen LogP contribution is -2.58. The maximum Gasteiger partial charge on any atom is 0.246 e. The van der Waals surface area contributed by atoms with E-state index in [1.165, 1.54) is 18.6 Å². The minimum Gasteiger partial charge on any atom is -0.344 e. The number of amides is 2. The van der Waals surface area contributed by atoms with Crippen molar-refractivity contribution < 1.29 is 28.8 Å². The van der Waals surface area contributed by atoms with Crippen molar-refractivity contribution >= 4 is 34.9 Å². The number of carbonyl (C=O) groups is 6. The molecule has 1 aliphatic heterocycles. The zero-order valence-electron chi connectivity index (χ0n) is 30.0. The maximum absolute atomic E-state index is 14.7. The molecule has 10 nitrogen and oxygen atoms in total. The van der Waals surface area contributed by atoms with Crippen LogP contribution in [0.4, 0.5) is 0 Å².